The van der Waals surface area contributed by atoms with Gasteiger partial charge in [0.05, 0.1) is 18.6 Å². The predicted molar refractivity (Wildman–Crippen MR) is 100 cm³/mol. The Hall–Kier alpha value is -0.933. The van der Waals surface area contributed by atoms with Crippen LogP contribution in [0.1, 0.15) is 33.4 Å². The summed E-state index contributed by atoms with van der Waals surface area (Å²) in [6.45, 7) is 10.9. The number of aliphatic hydroxyl groups is 1. The molecule has 1 aromatic heterocycles. The lowest BCUT2D eigenvalue weighted by atomic mass is 10.0. The third-order valence-electron chi connectivity index (χ3n) is 5.27. The molecule has 2 rings (SSSR count). The van der Waals surface area contributed by atoms with Gasteiger partial charge in [0.2, 0.25) is 0 Å². The number of aliphatic hydroxyl groups excluding tert-OH is 1. The van der Waals surface area contributed by atoms with E-state index in [2.05, 4.69) is 38.8 Å². The largest absolute Gasteiger partial charge is 0.414 e. The van der Waals surface area contributed by atoms with E-state index in [0.29, 0.717) is 0 Å². The fraction of sp³-hybridized carbons (Fsp3) is 0.750. The summed E-state index contributed by atoms with van der Waals surface area (Å²) < 4.78 is 13.6. The lowest BCUT2D eigenvalue weighted by molar-refractivity contribution is -0.111. The molecule has 1 saturated heterocycles. The van der Waals surface area contributed by atoms with Gasteiger partial charge in [-0.25, -0.2) is 4.79 Å². The second-order valence-corrected chi connectivity index (χ2v) is 13.2. The predicted octanol–water partition coefficient (Wildman–Crippen LogP) is 2.10. The molecule has 9 heteroatoms. The van der Waals surface area contributed by atoms with E-state index in [1.165, 1.54) is 16.8 Å². The second-order valence-electron chi connectivity index (χ2n) is 8.11. The molecule has 0 radical (unpaired) electrons. The molecule has 0 spiro atoms. The minimum absolute atomic E-state index is 0.0290. The number of nitrogens with two attached hydrogens (primary N) is 1. The van der Waals surface area contributed by atoms with Crippen LogP contribution in [0, 0.1) is 0 Å². The highest BCUT2D eigenvalue weighted by atomic mass is 35.5. The number of hydrogen-bond donors (Lipinski definition) is 2. The smallest absolute Gasteiger partial charge is 0.351 e. The van der Waals surface area contributed by atoms with E-state index in [4.69, 9.17) is 26.5 Å². The van der Waals surface area contributed by atoms with E-state index in [-0.39, 0.29) is 29.8 Å². The first kappa shape index (κ1) is 20.4. The molecule has 1 aliphatic heterocycles. The zero-order valence-corrected chi connectivity index (χ0v) is 17.2. The van der Waals surface area contributed by atoms with Gasteiger partial charge in [-0.3, -0.25) is 4.57 Å². The van der Waals surface area contributed by atoms with Crippen molar-refractivity contribution in [1.82, 2.24) is 9.55 Å². The molecule has 0 unspecified atom stereocenters. The Kier molecular flexibility index (Phi) is 5.70. The molecule has 2 heterocycles. The number of halogens is 1. The standard InChI is InChI=1S/C16H28ClN3O4Si/c1-15(2,3)25(4,5)23-10-16(9-17)11(21)8-13(24-16)20-7-6-12(18)19-14(20)22/h6-7,11,13,21H,8-10H2,1-5H3,(H2,18,19,22)/t11-,13-,16-/m1/s1. The van der Waals surface area contributed by atoms with Gasteiger partial charge in [0.15, 0.2) is 8.32 Å². The number of hydrogen-bond acceptors (Lipinski definition) is 6. The highest BCUT2D eigenvalue weighted by Crippen LogP contribution is 2.41. The molecule has 0 aromatic carbocycles. The van der Waals surface area contributed by atoms with Crippen LogP contribution < -0.4 is 11.4 Å². The number of rotatable bonds is 5. The maximum atomic E-state index is 12.0. The lowest BCUT2D eigenvalue weighted by Gasteiger charge is -2.40. The van der Waals surface area contributed by atoms with Gasteiger partial charge < -0.3 is 20.0 Å². The van der Waals surface area contributed by atoms with Gasteiger partial charge in [-0.1, -0.05) is 20.8 Å². The number of alkyl halides is 1. The Morgan fingerprint density at radius 2 is 2.20 bits per heavy atom. The van der Waals surface area contributed by atoms with E-state index in [1.54, 1.807) is 0 Å². The topological polar surface area (TPSA) is 99.6 Å². The third-order valence-corrected chi connectivity index (χ3v) is 10.2. The van der Waals surface area contributed by atoms with Crippen LogP contribution in [0.15, 0.2) is 17.1 Å². The lowest BCUT2D eigenvalue weighted by Crippen LogP contribution is -2.51. The highest BCUT2D eigenvalue weighted by Gasteiger charge is 2.50. The van der Waals surface area contributed by atoms with Crippen LogP contribution in [0.5, 0.6) is 0 Å². The summed E-state index contributed by atoms with van der Waals surface area (Å²) in [6.07, 6.45) is 0.252. The molecule has 25 heavy (non-hydrogen) atoms. The molecular weight excluding hydrogens is 362 g/mol. The zero-order chi connectivity index (χ0) is 19.0. The summed E-state index contributed by atoms with van der Waals surface area (Å²) in [5, 5.41) is 10.6. The van der Waals surface area contributed by atoms with E-state index in [0.717, 1.165) is 0 Å². The first-order chi connectivity index (χ1) is 11.4. The minimum Gasteiger partial charge on any atom is -0.414 e. The molecule has 142 valence electrons. The summed E-state index contributed by atoms with van der Waals surface area (Å²) in [7, 11) is -2.03. The number of anilines is 1. The fourth-order valence-corrected chi connectivity index (χ4v) is 3.78. The quantitative estimate of drug-likeness (QED) is 0.591. The number of ether oxygens (including phenoxy) is 1. The van der Waals surface area contributed by atoms with E-state index in [9.17, 15) is 9.90 Å². The van der Waals surface area contributed by atoms with Gasteiger partial charge in [0.1, 0.15) is 17.6 Å². The van der Waals surface area contributed by atoms with Gasteiger partial charge in [0.25, 0.3) is 0 Å². The molecular formula is C16H28ClN3O4Si. The average Bonchev–Trinajstić information content (AvgIpc) is 2.81. The fourth-order valence-electron chi connectivity index (χ4n) is 2.43. The monoisotopic (exact) mass is 389 g/mol. The second kappa shape index (κ2) is 7.00. The van der Waals surface area contributed by atoms with Crippen LogP contribution >= 0.6 is 11.6 Å². The maximum Gasteiger partial charge on any atom is 0.351 e. The van der Waals surface area contributed by atoms with Gasteiger partial charge >= 0.3 is 5.69 Å². The van der Waals surface area contributed by atoms with Crippen molar-refractivity contribution in [2.24, 2.45) is 0 Å². The summed E-state index contributed by atoms with van der Waals surface area (Å²) in [5.41, 5.74) is 3.94. The van der Waals surface area contributed by atoms with Gasteiger partial charge in [-0.2, -0.15) is 4.98 Å². The van der Waals surface area contributed by atoms with E-state index < -0.39 is 31.9 Å². The van der Waals surface area contributed by atoms with Crippen molar-refractivity contribution in [3.05, 3.63) is 22.7 Å². The molecule has 0 aliphatic carbocycles. The first-order valence-corrected chi connectivity index (χ1v) is 11.8. The Labute approximate surface area is 154 Å². The zero-order valence-electron chi connectivity index (χ0n) is 15.5. The van der Waals surface area contributed by atoms with Crippen molar-refractivity contribution in [2.45, 2.75) is 63.3 Å². The molecule has 1 aliphatic rings. The molecule has 0 bridgehead atoms. The summed E-state index contributed by atoms with van der Waals surface area (Å²) >= 11 is 6.15. The van der Waals surface area contributed by atoms with Crippen molar-refractivity contribution < 1.29 is 14.3 Å². The maximum absolute atomic E-state index is 12.0. The Morgan fingerprint density at radius 3 is 2.72 bits per heavy atom. The van der Waals surface area contributed by atoms with Crippen LogP contribution in [-0.4, -0.2) is 47.2 Å². The highest BCUT2D eigenvalue weighted by molar-refractivity contribution is 6.74. The van der Waals surface area contributed by atoms with Crippen molar-refractivity contribution in [3.63, 3.8) is 0 Å². The van der Waals surface area contributed by atoms with Crippen molar-refractivity contribution in [3.8, 4) is 0 Å². The number of aromatic nitrogens is 2. The molecule has 3 N–H and O–H groups in total. The summed E-state index contributed by atoms with van der Waals surface area (Å²) in [6, 6.07) is 1.52. The van der Waals surface area contributed by atoms with Crippen LogP contribution in [0.4, 0.5) is 5.82 Å². The van der Waals surface area contributed by atoms with Crippen LogP contribution in [-0.2, 0) is 9.16 Å². The van der Waals surface area contributed by atoms with Crippen molar-refractivity contribution in [2.75, 3.05) is 18.2 Å². The summed E-state index contributed by atoms with van der Waals surface area (Å²) in [5.74, 6) is 0.209. The van der Waals surface area contributed by atoms with Crippen LogP contribution in [0.3, 0.4) is 0 Å². The Balaban J connectivity index is 2.20. The minimum atomic E-state index is -2.03. The van der Waals surface area contributed by atoms with Crippen LogP contribution in [0.25, 0.3) is 0 Å². The van der Waals surface area contributed by atoms with Gasteiger partial charge in [0, 0.05) is 12.6 Å². The Bertz CT molecular complexity index is 676. The number of nitrogen functional groups attached to an aromatic ring is 1. The Morgan fingerprint density at radius 1 is 1.56 bits per heavy atom. The summed E-state index contributed by atoms with van der Waals surface area (Å²) in [4.78, 5) is 15.7. The molecule has 1 aromatic rings. The van der Waals surface area contributed by atoms with Crippen molar-refractivity contribution >= 4 is 25.7 Å². The normalized spacial score (nSPS) is 27.6. The van der Waals surface area contributed by atoms with E-state index >= 15 is 0 Å². The molecule has 7 nitrogen and oxygen atoms in total. The average molecular weight is 390 g/mol. The SMILES string of the molecule is CC(C)(C)[Si](C)(C)OC[C@@]1(CCl)O[C@@H](n2ccc(N)nc2=O)C[C@H]1O. The van der Waals surface area contributed by atoms with Gasteiger partial charge in [-0.05, 0) is 24.2 Å². The first-order valence-electron chi connectivity index (χ1n) is 8.32. The molecule has 3 atom stereocenters. The molecule has 0 amide bonds. The molecule has 1 fully saturated rings. The number of nitrogens with zero attached hydrogens (tertiary/aromatic N) is 2. The van der Waals surface area contributed by atoms with Crippen molar-refractivity contribution in [1.29, 1.82) is 0 Å². The molecule has 0 saturated carbocycles. The van der Waals surface area contributed by atoms with E-state index in [1.807, 2.05) is 0 Å². The van der Waals surface area contributed by atoms with Crippen LogP contribution in [0.2, 0.25) is 18.1 Å². The van der Waals surface area contributed by atoms with Gasteiger partial charge in [-0.15, -0.1) is 11.6 Å². The third kappa shape index (κ3) is 4.08.